The maximum atomic E-state index is 12.3. The average molecular weight is 283 g/mol. The fourth-order valence-electron chi connectivity index (χ4n) is 2.46. The summed E-state index contributed by atoms with van der Waals surface area (Å²) in [7, 11) is 0. The van der Waals surface area contributed by atoms with Crippen LogP contribution in [-0.4, -0.2) is 34.3 Å². The molecule has 0 aromatic rings. The van der Waals surface area contributed by atoms with Crippen molar-refractivity contribution in [2.75, 3.05) is 6.54 Å². The summed E-state index contributed by atoms with van der Waals surface area (Å²) < 4.78 is 5.50. The van der Waals surface area contributed by atoms with Gasteiger partial charge in [0.05, 0.1) is 5.60 Å². The van der Waals surface area contributed by atoms with E-state index in [2.05, 4.69) is 6.92 Å². The zero-order valence-corrected chi connectivity index (χ0v) is 13.3. The number of piperidine rings is 1. The lowest BCUT2D eigenvalue weighted by Crippen LogP contribution is -2.43. The van der Waals surface area contributed by atoms with Gasteiger partial charge in [-0.2, -0.15) is 0 Å². The van der Waals surface area contributed by atoms with Gasteiger partial charge in [-0.3, -0.25) is 0 Å². The predicted molar refractivity (Wildman–Crippen MR) is 80.4 cm³/mol. The number of hydrogen-bond acceptors (Lipinski definition) is 3. The first-order chi connectivity index (χ1) is 9.37. The maximum absolute atomic E-state index is 12.3. The van der Waals surface area contributed by atoms with Crippen LogP contribution in [0.4, 0.5) is 4.79 Å². The number of carbonyl (C=O) groups excluding carboxylic acids is 1. The molecule has 1 saturated heterocycles. The van der Waals surface area contributed by atoms with Crippen LogP contribution < -0.4 is 0 Å². The second-order valence-electron chi connectivity index (χ2n) is 6.16. The van der Waals surface area contributed by atoms with E-state index >= 15 is 0 Å². The Kier molecular flexibility index (Phi) is 6.53. The highest BCUT2D eigenvalue weighted by atomic mass is 16.6. The topological polar surface area (TPSA) is 49.8 Å². The van der Waals surface area contributed by atoms with E-state index in [1.54, 1.807) is 13.8 Å². The summed E-state index contributed by atoms with van der Waals surface area (Å²) in [6, 6.07) is 0.309. The summed E-state index contributed by atoms with van der Waals surface area (Å²) in [5.74, 6) is 0.651. The molecule has 1 unspecified atom stereocenters. The van der Waals surface area contributed by atoms with Crippen molar-refractivity contribution in [2.24, 2.45) is 0 Å². The van der Waals surface area contributed by atoms with Crippen LogP contribution in [0.5, 0.6) is 0 Å². The van der Waals surface area contributed by atoms with E-state index in [1.165, 1.54) is 6.42 Å². The zero-order valence-electron chi connectivity index (χ0n) is 13.3. The molecule has 0 saturated carbocycles. The zero-order chi connectivity index (χ0) is 15.2. The molecule has 4 heteroatoms. The number of hydrogen-bond donors (Lipinski definition) is 1. The molecular formula is C16H29NO3. The maximum Gasteiger partial charge on any atom is 0.415 e. The van der Waals surface area contributed by atoms with Gasteiger partial charge in [0, 0.05) is 19.0 Å². The van der Waals surface area contributed by atoms with E-state index in [9.17, 15) is 9.90 Å². The van der Waals surface area contributed by atoms with Crippen LogP contribution >= 0.6 is 0 Å². The molecule has 1 N–H and O–H groups in total. The van der Waals surface area contributed by atoms with E-state index in [-0.39, 0.29) is 6.09 Å². The van der Waals surface area contributed by atoms with Crippen molar-refractivity contribution in [3.63, 3.8) is 0 Å². The minimum atomic E-state index is -0.774. The third kappa shape index (κ3) is 5.53. The van der Waals surface area contributed by atoms with Crippen LogP contribution in [0.3, 0.4) is 0 Å². The van der Waals surface area contributed by atoms with Gasteiger partial charge < -0.3 is 14.7 Å². The number of rotatable bonds is 5. The number of likely N-dealkylation sites (tertiary alicyclic amines) is 1. The van der Waals surface area contributed by atoms with Gasteiger partial charge in [0.2, 0.25) is 0 Å². The number of allylic oxidation sites excluding steroid dienone is 1. The van der Waals surface area contributed by atoms with Crippen molar-refractivity contribution in [3.8, 4) is 0 Å². The van der Waals surface area contributed by atoms with E-state index in [4.69, 9.17) is 4.74 Å². The first-order valence-corrected chi connectivity index (χ1v) is 7.77. The highest BCUT2D eigenvalue weighted by Gasteiger charge is 2.27. The molecule has 0 aromatic carbocycles. The SMILES string of the molecule is CC/C(=C\CC(C)(C)O)OC(=O)N1CCCCC1CC. The molecule has 0 spiro atoms. The van der Waals surface area contributed by atoms with Crippen LogP contribution in [0.15, 0.2) is 11.8 Å². The molecule has 1 aliphatic heterocycles. The Bertz CT molecular complexity index is 344. The van der Waals surface area contributed by atoms with Crippen molar-refractivity contribution in [2.45, 2.75) is 77.9 Å². The summed E-state index contributed by atoms with van der Waals surface area (Å²) in [5, 5.41) is 9.73. The lowest BCUT2D eigenvalue weighted by Gasteiger charge is -2.34. The molecule has 1 heterocycles. The minimum absolute atomic E-state index is 0.236. The Labute approximate surface area is 122 Å². The minimum Gasteiger partial charge on any atom is -0.415 e. The number of nitrogens with zero attached hydrogens (tertiary/aromatic N) is 1. The lowest BCUT2D eigenvalue weighted by atomic mass is 10.0. The highest BCUT2D eigenvalue weighted by Crippen LogP contribution is 2.22. The summed E-state index contributed by atoms with van der Waals surface area (Å²) in [6.45, 7) is 8.35. The number of amides is 1. The Morgan fingerprint density at radius 1 is 1.40 bits per heavy atom. The molecule has 0 radical (unpaired) electrons. The smallest absolute Gasteiger partial charge is 0.415 e. The highest BCUT2D eigenvalue weighted by molar-refractivity contribution is 5.69. The van der Waals surface area contributed by atoms with Crippen molar-refractivity contribution >= 4 is 6.09 Å². The Morgan fingerprint density at radius 3 is 2.65 bits per heavy atom. The molecule has 116 valence electrons. The molecule has 1 rings (SSSR count). The fourth-order valence-corrected chi connectivity index (χ4v) is 2.46. The van der Waals surface area contributed by atoms with Crippen LogP contribution in [-0.2, 0) is 4.74 Å². The molecule has 0 bridgehead atoms. The first kappa shape index (κ1) is 17.0. The van der Waals surface area contributed by atoms with E-state index in [0.717, 1.165) is 25.8 Å². The van der Waals surface area contributed by atoms with Gasteiger partial charge in [-0.15, -0.1) is 0 Å². The van der Waals surface area contributed by atoms with Crippen LogP contribution in [0.2, 0.25) is 0 Å². The molecule has 1 amide bonds. The standard InChI is InChI=1S/C16H29NO3/c1-5-13-9-7-8-12-17(13)15(18)20-14(6-2)10-11-16(3,4)19/h10,13,19H,5-9,11-12H2,1-4H3/b14-10+. The number of ether oxygens (including phenoxy) is 1. The molecule has 20 heavy (non-hydrogen) atoms. The van der Waals surface area contributed by atoms with E-state index < -0.39 is 5.60 Å². The number of carbonyl (C=O) groups is 1. The van der Waals surface area contributed by atoms with Crippen molar-refractivity contribution in [1.82, 2.24) is 4.90 Å². The largest absolute Gasteiger partial charge is 0.415 e. The van der Waals surface area contributed by atoms with Crippen LogP contribution in [0.1, 0.15) is 66.2 Å². The molecule has 1 aliphatic rings. The third-order valence-corrected chi connectivity index (χ3v) is 3.73. The molecule has 0 aliphatic carbocycles. The summed E-state index contributed by atoms with van der Waals surface area (Å²) in [6.07, 6.45) is 7.03. The fraction of sp³-hybridized carbons (Fsp3) is 0.812. The molecule has 1 fully saturated rings. The normalized spacial score (nSPS) is 20.9. The summed E-state index contributed by atoms with van der Waals surface area (Å²) in [5.41, 5.74) is -0.774. The average Bonchev–Trinajstić information content (AvgIpc) is 2.42. The predicted octanol–water partition coefficient (Wildman–Crippen LogP) is 3.84. The molecular weight excluding hydrogens is 254 g/mol. The second kappa shape index (κ2) is 7.67. The third-order valence-electron chi connectivity index (χ3n) is 3.73. The van der Waals surface area contributed by atoms with Crippen molar-refractivity contribution in [1.29, 1.82) is 0 Å². The van der Waals surface area contributed by atoms with Gasteiger partial charge in [0.15, 0.2) is 0 Å². The summed E-state index contributed by atoms with van der Waals surface area (Å²) >= 11 is 0. The van der Waals surface area contributed by atoms with Crippen LogP contribution in [0.25, 0.3) is 0 Å². The number of aliphatic hydroxyl groups is 1. The van der Waals surface area contributed by atoms with Crippen molar-refractivity contribution in [3.05, 3.63) is 11.8 Å². The van der Waals surface area contributed by atoms with E-state index in [1.807, 2.05) is 17.9 Å². The summed E-state index contributed by atoms with van der Waals surface area (Å²) in [4.78, 5) is 14.1. The second-order valence-corrected chi connectivity index (χ2v) is 6.16. The van der Waals surface area contributed by atoms with Gasteiger partial charge in [0.1, 0.15) is 5.76 Å². The molecule has 1 atom stereocenters. The van der Waals surface area contributed by atoms with Gasteiger partial charge in [-0.05, 0) is 52.0 Å². The Morgan fingerprint density at radius 2 is 2.10 bits per heavy atom. The monoisotopic (exact) mass is 283 g/mol. The lowest BCUT2D eigenvalue weighted by molar-refractivity contribution is 0.0779. The van der Waals surface area contributed by atoms with Gasteiger partial charge in [0.25, 0.3) is 0 Å². The Balaban J connectivity index is 2.62. The molecule has 0 aromatic heterocycles. The van der Waals surface area contributed by atoms with Gasteiger partial charge in [-0.25, -0.2) is 4.79 Å². The van der Waals surface area contributed by atoms with Gasteiger partial charge >= 0.3 is 6.09 Å². The van der Waals surface area contributed by atoms with Crippen molar-refractivity contribution < 1.29 is 14.6 Å². The van der Waals surface area contributed by atoms with E-state index in [0.29, 0.717) is 24.6 Å². The Hall–Kier alpha value is -1.03. The first-order valence-electron chi connectivity index (χ1n) is 7.77. The van der Waals surface area contributed by atoms with Gasteiger partial charge in [-0.1, -0.05) is 13.8 Å². The van der Waals surface area contributed by atoms with Crippen LogP contribution in [0, 0.1) is 0 Å². The molecule has 4 nitrogen and oxygen atoms in total. The quantitative estimate of drug-likeness (QED) is 0.780.